The molecule has 0 saturated carbocycles. The Bertz CT molecular complexity index is 285. The zero-order chi connectivity index (χ0) is 8.97. The lowest BCUT2D eigenvalue weighted by Crippen LogP contribution is -2.12. The SMILES string of the molecule is CCC(=O)Nc1ncccc1N. The minimum absolute atomic E-state index is 0.0830. The number of anilines is 2. The highest BCUT2D eigenvalue weighted by Gasteiger charge is 2.01. The molecule has 0 aliphatic carbocycles. The quantitative estimate of drug-likeness (QED) is 0.687. The molecule has 0 unspecified atom stereocenters. The lowest BCUT2D eigenvalue weighted by molar-refractivity contribution is -0.115. The first-order chi connectivity index (χ1) is 5.74. The van der Waals surface area contributed by atoms with Gasteiger partial charge < -0.3 is 11.1 Å². The number of hydrogen-bond donors (Lipinski definition) is 2. The van der Waals surface area contributed by atoms with Crippen LogP contribution in [0.2, 0.25) is 0 Å². The van der Waals surface area contributed by atoms with Gasteiger partial charge in [0.2, 0.25) is 5.91 Å². The van der Waals surface area contributed by atoms with E-state index < -0.39 is 0 Å². The van der Waals surface area contributed by atoms with Crippen molar-refractivity contribution in [2.24, 2.45) is 0 Å². The number of hydrogen-bond acceptors (Lipinski definition) is 3. The summed E-state index contributed by atoms with van der Waals surface area (Å²) in [6, 6.07) is 3.41. The lowest BCUT2D eigenvalue weighted by atomic mass is 10.4. The number of nitrogens with two attached hydrogens (primary N) is 1. The Morgan fingerprint density at radius 3 is 3.08 bits per heavy atom. The molecule has 1 heterocycles. The van der Waals surface area contributed by atoms with Gasteiger partial charge in [-0.1, -0.05) is 6.92 Å². The molecule has 0 aromatic carbocycles. The Labute approximate surface area is 70.8 Å². The summed E-state index contributed by atoms with van der Waals surface area (Å²) in [4.78, 5) is 14.8. The van der Waals surface area contributed by atoms with Gasteiger partial charge in [0.05, 0.1) is 5.69 Å². The van der Waals surface area contributed by atoms with Crippen molar-refractivity contribution in [2.75, 3.05) is 11.1 Å². The van der Waals surface area contributed by atoms with Crippen molar-refractivity contribution in [3.05, 3.63) is 18.3 Å². The van der Waals surface area contributed by atoms with Crippen molar-refractivity contribution < 1.29 is 4.79 Å². The first-order valence-electron chi connectivity index (χ1n) is 3.74. The van der Waals surface area contributed by atoms with Crippen LogP contribution in [-0.2, 0) is 4.79 Å². The predicted octanol–water partition coefficient (Wildman–Crippen LogP) is 1.01. The van der Waals surface area contributed by atoms with E-state index in [0.717, 1.165) is 0 Å². The highest BCUT2D eigenvalue weighted by atomic mass is 16.1. The molecular formula is C8H11N3O. The molecule has 4 nitrogen and oxygen atoms in total. The molecule has 1 rings (SSSR count). The van der Waals surface area contributed by atoms with Crippen molar-refractivity contribution in [1.82, 2.24) is 4.98 Å². The van der Waals surface area contributed by atoms with Crippen LogP contribution in [0.15, 0.2) is 18.3 Å². The predicted molar refractivity (Wildman–Crippen MR) is 47.6 cm³/mol. The number of carbonyl (C=O) groups is 1. The summed E-state index contributed by atoms with van der Waals surface area (Å²) in [6.07, 6.45) is 2.01. The molecule has 1 amide bonds. The fourth-order valence-electron chi connectivity index (χ4n) is 0.743. The van der Waals surface area contributed by atoms with Gasteiger partial charge in [-0.15, -0.1) is 0 Å². The number of nitrogen functional groups attached to an aromatic ring is 1. The summed E-state index contributed by atoms with van der Waals surface area (Å²) in [6.45, 7) is 1.77. The molecule has 0 spiro atoms. The molecule has 1 aromatic heterocycles. The van der Waals surface area contributed by atoms with Gasteiger partial charge in [-0.2, -0.15) is 0 Å². The van der Waals surface area contributed by atoms with Gasteiger partial charge in [0.25, 0.3) is 0 Å². The molecule has 0 saturated heterocycles. The summed E-state index contributed by atoms with van der Waals surface area (Å²) in [5.74, 6) is 0.352. The van der Waals surface area contributed by atoms with Gasteiger partial charge in [-0.25, -0.2) is 4.98 Å². The van der Waals surface area contributed by atoms with E-state index in [-0.39, 0.29) is 5.91 Å². The molecule has 0 aliphatic rings. The maximum Gasteiger partial charge on any atom is 0.225 e. The molecular weight excluding hydrogens is 154 g/mol. The van der Waals surface area contributed by atoms with Crippen molar-refractivity contribution in [1.29, 1.82) is 0 Å². The number of amides is 1. The van der Waals surface area contributed by atoms with Crippen molar-refractivity contribution >= 4 is 17.4 Å². The third kappa shape index (κ3) is 1.95. The Morgan fingerprint density at radius 2 is 2.50 bits per heavy atom. The summed E-state index contributed by atoms with van der Waals surface area (Å²) >= 11 is 0. The van der Waals surface area contributed by atoms with Crippen LogP contribution in [0.5, 0.6) is 0 Å². The first kappa shape index (κ1) is 8.52. The summed E-state index contributed by atoms with van der Waals surface area (Å²) in [5.41, 5.74) is 6.03. The molecule has 4 heteroatoms. The van der Waals surface area contributed by atoms with Gasteiger partial charge in [-0.05, 0) is 12.1 Å². The fraction of sp³-hybridized carbons (Fsp3) is 0.250. The van der Waals surface area contributed by atoms with Crippen LogP contribution in [0.25, 0.3) is 0 Å². The number of aromatic nitrogens is 1. The molecule has 64 valence electrons. The summed E-state index contributed by atoms with van der Waals surface area (Å²) in [7, 11) is 0. The van der Waals surface area contributed by atoms with Crippen LogP contribution in [-0.4, -0.2) is 10.9 Å². The van der Waals surface area contributed by atoms with E-state index >= 15 is 0 Å². The second-order valence-electron chi connectivity index (χ2n) is 2.34. The Morgan fingerprint density at radius 1 is 1.75 bits per heavy atom. The third-order valence-electron chi connectivity index (χ3n) is 1.42. The monoisotopic (exact) mass is 165 g/mol. The maximum absolute atomic E-state index is 10.9. The Hall–Kier alpha value is -1.58. The van der Waals surface area contributed by atoms with Crippen LogP contribution >= 0.6 is 0 Å². The van der Waals surface area contributed by atoms with Crippen molar-refractivity contribution in [3.63, 3.8) is 0 Å². The van der Waals surface area contributed by atoms with E-state index in [2.05, 4.69) is 10.3 Å². The molecule has 12 heavy (non-hydrogen) atoms. The topological polar surface area (TPSA) is 68.0 Å². The van der Waals surface area contributed by atoms with Crippen LogP contribution < -0.4 is 11.1 Å². The molecule has 0 aliphatic heterocycles. The minimum Gasteiger partial charge on any atom is -0.396 e. The fourth-order valence-corrected chi connectivity index (χ4v) is 0.743. The summed E-state index contributed by atoms with van der Waals surface area (Å²) in [5, 5.41) is 2.58. The van der Waals surface area contributed by atoms with Crippen molar-refractivity contribution in [3.8, 4) is 0 Å². The third-order valence-corrected chi connectivity index (χ3v) is 1.42. The van der Waals surface area contributed by atoms with Crippen LogP contribution in [0.3, 0.4) is 0 Å². The summed E-state index contributed by atoms with van der Waals surface area (Å²) < 4.78 is 0. The van der Waals surface area contributed by atoms with E-state index in [1.165, 1.54) is 0 Å². The first-order valence-corrected chi connectivity index (χ1v) is 3.74. The second-order valence-corrected chi connectivity index (χ2v) is 2.34. The van der Waals surface area contributed by atoms with Gasteiger partial charge in [0.1, 0.15) is 0 Å². The standard InChI is InChI=1S/C8H11N3O/c1-2-7(12)11-8-6(9)4-3-5-10-8/h3-5H,2,9H2,1H3,(H,10,11,12). The smallest absolute Gasteiger partial charge is 0.225 e. The van der Waals surface area contributed by atoms with Gasteiger partial charge in [0.15, 0.2) is 5.82 Å². The van der Waals surface area contributed by atoms with E-state index in [9.17, 15) is 4.79 Å². The number of nitrogens with zero attached hydrogens (tertiary/aromatic N) is 1. The Kier molecular flexibility index (Phi) is 2.63. The van der Waals surface area contributed by atoms with E-state index in [1.54, 1.807) is 25.3 Å². The molecule has 0 bridgehead atoms. The van der Waals surface area contributed by atoms with Crippen LogP contribution in [0.4, 0.5) is 11.5 Å². The van der Waals surface area contributed by atoms with Crippen LogP contribution in [0.1, 0.15) is 13.3 Å². The van der Waals surface area contributed by atoms with E-state index in [4.69, 9.17) is 5.73 Å². The van der Waals surface area contributed by atoms with E-state index in [0.29, 0.717) is 17.9 Å². The molecule has 0 atom stereocenters. The number of nitrogens with one attached hydrogen (secondary N) is 1. The molecule has 0 radical (unpaired) electrons. The molecule has 0 fully saturated rings. The number of pyridine rings is 1. The van der Waals surface area contributed by atoms with Crippen LogP contribution in [0, 0.1) is 0 Å². The maximum atomic E-state index is 10.9. The zero-order valence-electron chi connectivity index (χ0n) is 6.87. The molecule has 1 aromatic rings. The van der Waals surface area contributed by atoms with Gasteiger partial charge in [0, 0.05) is 12.6 Å². The Balaban J connectivity index is 2.75. The minimum atomic E-state index is -0.0830. The average Bonchev–Trinajstić information content (AvgIpc) is 2.09. The van der Waals surface area contributed by atoms with Gasteiger partial charge in [-0.3, -0.25) is 4.79 Å². The second kappa shape index (κ2) is 3.71. The lowest BCUT2D eigenvalue weighted by Gasteiger charge is -2.03. The molecule has 3 N–H and O–H groups in total. The largest absolute Gasteiger partial charge is 0.396 e. The normalized spacial score (nSPS) is 9.42. The average molecular weight is 165 g/mol. The zero-order valence-corrected chi connectivity index (χ0v) is 6.87. The number of rotatable bonds is 2. The highest BCUT2D eigenvalue weighted by molar-refractivity contribution is 5.92. The van der Waals surface area contributed by atoms with E-state index in [1.807, 2.05) is 0 Å². The number of carbonyl (C=O) groups excluding carboxylic acids is 1. The van der Waals surface area contributed by atoms with Crippen molar-refractivity contribution in [2.45, 2.75) is 13.3 Å². The van der Waals surface area contributed by atoms with Gasteiger partial charge >= 0.3 is 0 Å². The highest BCUT2D eigenvalue weighted by Crippen LogP contribution is 2.12.